The first-order chi connectivity index (χ1) is 17.3. The van der Waals surface area contributed by atoms with Crippen molar-refractivity contribution >= 4 is 38.5 Å². The Morgan fingerprint density at radius 3 is 2.60 bits per heavy atom. The average molecular weight is 447 g/mol. The fourth-order valence-corrected chi connectivity index (χ4v) is 6.48. The second-order valence-corrected chi connectivity index (χ2v) is 9.70. The van der Waals surface area contributed by atoms with E-state index in [0.29, 0.717) is 0 Å². The molecule has 0 spiro atoms. The molecule has 0 bridgehead atoms. The van der Waals surface area contributed by atoms with Gasteiger partial charge in [-0.15, -0.1) is 0 Å². The van der Waals surface area contributed by atoms with Crippen LogP contribution >= 0.6 is 0 Å². The van der Waals surface area contributed by atoms with E-state index in [1.54, 1.807) is 0 Å². The summed E-state index contributed by atoms with van der Waals surface area (Å²) < 4.78 is 2.23. The summed E-state index contributed by atoms with van der Waals surface area (Å²) >= 11 is 0. The zero-order valence-electron chi connectivity index (χ0n) is 18.8. The van der Waals surface area contributed by atoms with Gasteiger partial charge in [0.05, 0.1) is 11.0 Å². The predicted molar refractivity (Wildman–Crippen MR) is 140 cm³/mol. The van der Waals surface area contributed by atoms with Crippen LogP contribution in [0.1, 0.15) is 22.3 Å². The maximum Gasteiger partial charge on any atom is 0.147 e. The fraction of sp³-hybridized carbons (Fsp3) is 0.0645. The van der Waals surface area contributed by atoms with Crippen LogP contribution < -0.4 is 0 Å². The molecule has 4 heterocycles. The molecule has 0 radical (unpaired) electrons. The van der Waals surface area contributed by atoms with E-state index in [2.05, 4.69) is 70.0 Å². The zero-order chi connectivity index (χ0) is 22.7. The number of aromatic nitrogens is 4. The molecule has 4 nitrogen and oxygen atoms in total. The van der Waals surface area contributed by atoms with E-state index >= 15 is 0 Å². The molecule has 0 aliphatic heterocycles. The van der Waals surface area contributed by atoms with E-state index in [0.717, 1.165) is 51.3 Å². The van der Waals surface area contributed by atoms with Crippen LogP contribution in [0.3, 0.4) is 0 Å². The molecule has 4 aromatic heterocycles. The van der Waals surface area contributed by atoms with Gasteiger partial charge in [0.2, 0.25) is 0 Å². The molecule has 162 valence electrons. The SMILES string of the molecule is c1ccc2c(c1)Cc1c-2ccc2c1-c1cc3nc4c5ccncc5c5cccnc5n4c3cc1C2. The number of rotatable bonds is 0. The van der Waals surface area contributed by atoms with Gasteiger partial charge in [0, 0.05) is 34.7 Å². The summed E-state index contributed by atoms with van der Waals surface area (Å²) in [6.07, 6.45) is 7.60. The number of nitrogens with zero attached hydrogens (tertiary/aromatic N) is 4. The van der Waals surface area contributed by atoms with Crippen LogP contribution in [0.5, 0.6) is 0 Å². The van der Waals surface area contributed by atoms with Gasteiger partial charge in [0.1, 0.15) is 11.3 Å². The molecule has 0 unspecified atom stereocenters. The van der Waals surface area contributed by atoms with Crippen molar-refractivity contribution in [1.82, 2.24) is 19.4 Å². The highest BCUT2D eigenvalue weighted by molar-refractivity contribution is 6.12. The molecule has 0 fully saturated rings. The van der Waals surface area contributed by atoms with Crippen LogP contribution in [-0.2, 0) is 12.8 Å². The van der Waals surface area contributed by atoms with E-state index in [1.165, 1.54) is 44.5 Å². The highest BCUT2D eigenvalue weighted by Gasteiger charge is 2.29. The second-order valence-electron chi connectivity index (χ2n) is 9.70. The lowest BCUT2D eigenvalue weighted by Crippen LogP contribution is -1.94. The minimum Gasteiger partial charge on any atom is -0.276 e. The molecule has 7 aromatic rings. The van der Waals surface area contributed by atoms with Crippen molar-refractivity contribution in [3.05, 3.63) is 108 Å². The first kappa shape index (κ1) is 17.8. The Morgan fingerprint density at radius 2 is 1.60 bits per heavy atom. The standard InChI is InChI=1S/C31H18N4/c1-2-5-20-17(4-1)13-25-21(20)8-7-18-12-19-14-28-27(15-24(19)29(18)25)34-31-23-9-11-32-16-26(23)22-6-3-10-33-30(22)35(28)31/h1-11,14-16H,12-13H2. The van der Waals surface area contributed by atoms with Gasteiger partial charge in [-0.3, -0.25) is 9.38 Å². The van der Waals surface area contributed by atoms with Crippen LogP contribution in [0.4, 0.5) is 0 Å². The molecule has 3 aromatic carbocycles. The Morgan fingerprint density at radius 1 is 0.657 bits per heavy atom. The van der Waals surface area contributed by atoms with Crippen molar-refractivity contribution in [2.45, 2.75) is 12.8 Å². The molecule has 0 saturated carbocycles. The molecule has 0 saturated heterocycles. The van der Waals surface area contributed by atoms with E-state index < -0.39 is 0 Å². The molecule has 9 rings (SSSR count). The largest absolute Gasteiger partial charge is 0.276 e. The Labute approximate surface area is 200 Å². The van der Waals surface area contributed by atoms with Crippen molar-refractivity contribution in [2.24, 2.45) is 0 Å². The molecular formula is C31H18N4. The molecular weight excluding hydrogens is 428 g/mol. The van der Waals surface area contributed by atoms with Crippen molar-refractivity contribution in [2.75, 3.05) is 0 Å². The first-order valence-corrected chi connectivity index (χ1v) is 12.0. The van der Waals surface area contributed by atoms with Crippen molar-refractivity contribution in [1.29, 1.82) is 0 Å². The molecule has 0 atom stereocenters. The predicted octanol–water partition coefficient (Wildman–Crippen LogP) is 6.73. The lowest BCUT2D eigenvalue weighted by atomic mass is 9.95. The Kier molecular flexibility index (Phi) is 3.11. The Balaban J connectivity index is 1.38. The smallest absolute Gasteiger partial charge is 0.147 e. The number of fused-ring (bicyclic) bond motifs is 15. The van der Waals surface area contributed by atoms with Gasteiger partial charge < -0.3 is 0 Å². The molecule has 4 heteroatoms. The highest BCUT2D eigenvalue weighted by Crippen LogP contribution is 2.48. The lowest BCUT2D eigenvalue weighted by Gasteiger charge is -2.09. The minimum absolute atomic E-state index is 0.928. The number of hydrogen-bond donors (Lipinski definition) is 0. The van der Waals surface area contributed by atoms with Crippen molar-refractivity contribution in [3.8, 4) is 22.3 Å². The van der Waals surface area contributed by atoms with Crippen LogP contribution in [0.2, 0.25) is 0 Å². The van der Waals surface area contributed by atoms with E-state index in [-0.39, 0.29) is 0 Å². The molecule has 0 amide bonds. The van der Waals surface area contributed by atoms with Gasteiger partial charge in [-0.25, -0.2) is 9.97 Å². The summed E-state index contributed by atoms with van der Waals surface area (Å²) in [5.41, 5.74) is 15.2. The zero-order valence-corrected chi connectivity index (χ0v) is 18.8. The summed E-state index contributed by atoms with van der Waals surface area (Å²) in [6.45, 7) is 0. The monoisotopic (exact) mass is 446 g/mol. The normalized spacial score (nSPS) is 13.5. The fourth-order valence-electron chi connectivity index (χ4n) is 6.48. The average Bonchev–Trinajstić information content (AvgIpc) is 3.58. The van der Waals surface area contributed by atoms with Gasteiger partial charge in [-0.2, -0.15) is 0 Å². The quantitative estimate of drug-likeness (QED) is 0.243. The number of hydrogen-bond acceptors (Lipinski definition) is 3. The topological polar surface area (TPSA) is 43.1 Å². The first-order valence-electron chi connectivity index (χ1n) is 12.0. The van der Waals surface area contributed by atoms with Gasteiger partial charge in [0.25, 0.3) is 0 Å². The molecule has 2 aliphatic carbocycles. The third kappa shape index (κ3) is 2.15. The number of imidazole rings is 1. The molecule has 2 aliphatic rings. The van der Waals surface area contributed by atoms with E-state index in [4.69, 9.17) is 9.97 Å². The van der Waals surface area contributed by atoms with Crippen LogP contribution in [0.15, 0.2) is 85.3 Å². The molecule has 35 heavy (non-hydrogen) atoms. The number of pyridine rings is 3. The van der Waals surface area contributed by atoms with Gasteiger partial charge in [-0.1, -0.05) is 36.4 Å². The second kappa shape index (κ2) is 6.10. The van der Waals surface area contributed by atoms with Gasteiger partial charge >= 0.3 is 0 Å². The van der Waals surface area contributed by atoms with Crippen LogP contribution in [0.25, 0.3) is 60.7 Å². The van der Waals surface area contributed by atoms with Crippen molar-refractivity contribution < 1.29 is 0 Å². The molecule has 0 N–H and O–H groups in total. The summed E-state index contributed by atoms with van der Waals surface area (Å²) in [4.78, 5) is 14.3. The van der Waals surface area contributed by atoms with E-state index in [1.807, 2.05) is 24.7 Å². The highest BCUT2D eigenvalue weighted by atomic mass is 15.1. The van der Waals surface area contributed by atoms with E-state index in [9.17, 15) is 0 Å². The Hall–Kier alpha value is -4.57. The number of benzene rings is 3. The Bertz CT molecular complexity index is 2070. The van der Waals surface area contributed by atoms with Crippen LogP contribution in [0, 0.1) is 0 Å². The van der Waals surface area contributed by atoms with Gasteiger partial charge in [0.15, 0.2) is 0 Å². The van der Waals surface area contributed by atoms with Crippen LogP contribution in [-0.4, -0.2) is 19.4 Å². The summed E-state index contributed by atoms with van der Waals surface area (Å²) in [5.74, 6) is 0. The van der Waals surface area contributed by atoms with Gasteiger partial charge in [-0.05, 0) is 87.7 Å². The van der Waals surface area contributed by atoms with Crippen molar-refractivity contribution in [3.63, 3.8) is 0 Å². The summed E-state index contributed by atoms with van der Waals surface area (Å²) in [5, 5.41) is 3.29. The minimum atomic E-state index is 0.928. The maximum absolute atomic E-state index is 5.17. The third-order valence-corrected chi connectivity index (χ3v) is 7.95. The maximum atomic E-state index is 5.17. The lowest BCUT2D eigenvalue weighted by molar-refractivity contribution is 1.22. The summed E-state index contributed by atoms with van der Waals surface area (Å²) in [7, 11) is 0. The summed E-state index contributed by atoms with van der Waals surface area (Å²) in [6, 6.07) is 24.3. The third-order valence-electron chi connectivity index (χ3n) is 7.95.